The monoisotopic (exact) mass is 267 g/mol. The lowest BCUT2D eigenvalue weighted by Gasteiger charge is -2.41. The summed E-state index contributed by atoms with van der Waals surface area (Å²) in [6.45, 7) is 6.58. The molecule has 2 fully saturated rings. The standard InChI is InChI=1S/C14H25N3O2/c1-3-15-10(2)8-14(19)17-7-6-12-11(9-17)4-5-13(18)16-12/h10-12,15H,3-9H2,1-2H3,(H,16,18). The molecule has 2 N–H and O–H groups in total. The minimum Gasteiger partial charge on any atom is -0.353 e. The molecular weight excluding hydrogens is 242 g/mol. The number of nitrogens with one attached hydrogen (secondary N) is 2. The topological polar surface area (TPSA) is 61.4 Å². The van der Waals surface area contributed by atoms with E-state index in [2.05, 4.69) is 24.5 Å². The van der Waals surface area contributed by atoms with Crippen LogP contribution in [0.3, 0.4) is 0 Å². The van der Waals surface area contributed by atoms with E-state index in [1.54, 1.807) is 0 Å². The van der Waals surface area contributed by atoms with Gasteiger partial charge in [-0.1, -0.05) is 6.92 Å². The Bertz CT molecular complexity index is 346. The Hall–Kier alpha value is -1.10. The fraction of sp³-hybridized carbons (Fsp3) is 0.857. The van der Waals surface area contributed by atoms with E-state index in [1.807, 2.05) is 4.90 Å². The lowest BCUT2D eigenvalue weighted by atomic mass is 9.85. The van der Waals surface area contributed by atoms with E-state index in [0.717, 1.165) is 32.5 Å². The van der Waals surface area contributed by atoms with Gasteiger partial charge >= 0.3 is 0 Å². The third kappa shape index (κ3) is 3.69. The van der Waals surface area contributed by atoms with Crippen LogP contribution in [0.2, 0.25) is 0 Å². The van der Waals surface area contributed by atoms with Gasteiger partial charge in [-0.3, -0.25) is 9.59 Å². The largest absolute Gasteiger partial charge is 0.353 e. The van der Waals surface area contributed by atoms with Gasteiger partial charge in [0.15, 0.2) is 0 Å². The van der Waals surface area contributed by atoms with Crippen molar-refractivity contribution in [3.63, 3.8) is 0 Å². The summed E-state index contributed by atoms with van der Waals surface area (Å²) in [7, 11) is 0. The third-order valence-electron chi connectivity index (χ3n) is 4.21. The van der Waals surface area contributed by atoms with Crippen LogP contribution in [0.5, 0.6) is 0 Å². The number of fused-ring (bicyclic) bond motifs is 1. The molecule has 0 spiro atoms. The number of amides is 2. The van der Waals surface area contributed by atoms with Crippen LogP contribution >= 0.6 is 0 Å². The van der Waals surface area contributed by atoms with Gasteiger partial charge in [0.2, 0.25) is 11.8 Å². The second kappa shape index (κ2) is 6.37. The first-order chi connectivity index (χ1) is 9.10. The highest BCUT2D eigenvalue weighted by molar-refractivity contribution is 5.78. The zero-order chi connectivity index (χ0) is 13.8. The van der Waals surface area contributed by atoms with Crippen LogP contribution in [0.25, 0.3) is 0 Å². The molecule has 2 aliphatic rings. The highest BCUT2D eigenvalue weighted by Crippen LogP contribution is 2.25. The predicted molar refractivity (Wildman–Crippen MR) is 73.6 cm³/mol. The highest BCUT2D eigenvalue weighted by atomic mass is 16.2. The zero-order valence-corrected chi connectivity index (χ0v) is 11.9. The molecule has 0 bridgehead atoms. The number of nitrogens with zero attached hydrogens (tertiary/aromatic N) is 1. The summed E-state index contributed by atoms with van der Waals surface area (Å²) in [6.07, 6.45) is 3.00. The predicted octanol–water partition coefficient (Wildman–Crippen LogP) is 0.502. The second-order valence-corrected chi connectivity index (χ2v) is 5.76. The maximum atomic E-state index is 12.2. The maximum Gasteiger partial charge on any atom is 0.224 e. The zero-order valence-electron chi connectivity index (χ0n) is 11.9. The summed E-state index contributed by atoms with van der Waals surface area (Å²) in [5, 5.41) is 6.32. The van der Waals surface area contributed by atoms with E-state index < -0.39 is 0 Å². The first kappa shape index (κ1) is 14.3. The Labute approximate surface area is 115 Å². The Kier molecular flexibility index (Phi) is 4.80. The van der Waals surface area contributed by atoms with Gasteiger partial charge in [0.1, 0.15) is 0 Å². The van der Waals surface area contributed by atoms with Crippen molar-refractivity contribution in [1.82, 2.24) is 15.5 Å². The molecule has 2 saturated heterocycles. The van der Waals surface area contributed by atoms with Crippen molar-refractivity contribution in [2.45, 2.75) is 51.6 Å². The lowest BCUT2D eigenvalue weighted by molar-refractivity contribution is -0.135. The average Bonchev–Trinajstić information content (AvgIpc) is 2.38. The van der Waals surface area contributed by atoms with Gasteiger partial charge in [0.25, 0.3) is 0 Å². The second-order valence-electron chi connectivity index (χ2n) is 5.76. The average molecular weight is 267 g/mol. The van der Waals surface area contributed by atoms with E-state index in [-0.39, 0.29) is 23.9 Å². The van der Waals surface area contributed by atoms with Crippen molar-refractivity contribution in [1.29, 1.82) is 0 Å². The Morgan fingerprint density at radius 1 is 1.53 bits per heavy atom. The molecule has 0 aromatic carbocycles. The number of likely N-dealkylation sites (tertiary alicyclic amines) is 1. The van der Waals surface area contributed by atoms with Crippen molar-refractivity contribution in [3.05, 3.63) is 0 Å². The van der Waals surface area contributed by atoms with Crippen LogP contribution in [0.15, 0.2) is 0 Å². The minimum absolute atomic E-state index is 0.168. The molecule has 2 aliphatic heterocycles. The molecule has 0 aromatic heterocycles. The molecule has 2 rings (SSSR count). The van der Waals surface area contributed by atoms with Crippen molar-refractivity contribution >= 4 is 11.8 Å². The maximum absolute atomic E-state index is 12.2. The van der Waals surface area contributed by atoms with Crippen molar-refractivity contribution in [3.8, 4) is 0 Å². The third-order valence-corrected chi connectivity index (χ3v) is 4.21. The van der Waals surface area contributed by atoms with Gasteiger partial charge in [0.05, 0.1) is 0 Å². The molecule has 0 saturated carbocycles. The molecule has 0 aliphatic carbocycles. The summed E-state index contributed by atoms with van der Waals surface area (Å²) in [4.78, 5) is 25.6. The van der Waals surface area contributed by atoms with Crippen LogP contribution in [-0.2, 0) is 9.59 Å². The molecule has 3 atom stereocenters. The van der Waals surface area contributed by atoms with E-state index in [9.17, 15) is 9.59 Å². The highest BCUT2D eigenvalue weighted by Gasteiger charge is 2.35. The smallest absolute Gasteiger partial charge is 0.224 e. The van der Waals surface area contributed by atoms with Gasteiger partial charge < -0.3 is 15.5 Å². The number of piperidine rings is 2. The number of carbonyl (C=O) groups excluding carboxylic acids is 2. The molecule has 0 aromatic rings. The van der Waals surface area contributed by atoms with Crippen LogP contribution < -0.4 is 10.6 Å². The van der Waals surface area contributed by atoms with Gasteiger partial charge in [-0.2, -0.15) is 0 Å². The molecule has 19 heavy (non-hydrogen) atoms. The number of hydrogen-bond donors (Lipinski definition) is 2. The van der Waals surface area contributed by atoms with Crippen LogP contribution in [0.1, 0.15) is 39.5 Å². The number of hydrogen-bond acceptors (Lipinski definition) is 3. The molecule has 5 heteroatoms. The minimum atomic E-state index is 0.168. The van der Waals surface area contributed by atoms with Gasteiger partial charge in [-0.25, -0.2) is 0 Å². The Balaban J connectivity index is 1.83. The number of carbonyl (C=O) groups is 2. The first-order valence-electron chi connectivity index (χ1n) is 7.40. The summed E-state index contributed by atoms with van der Waals surface area (Å²) in [5.41, 5.74) is 0. The quantitative estimate of drug-likeness (QED) is 0.780. The molecule has 0 radical (unpaired) electrons. The van der Waals surface area contributed by atoms with Crippen molar-refractivity contribution < 1.29 is 9.59 Å². The summed E-state index contributed by atoms with van der Waals surface area (Å²) >= 11 is 0. The fourth-order valence-corrected chi connectivity index (χ4v) is 3.15. The molecule has 5 nitrogen and oxygen atoms in total. The number of rotatable bonds is 4. The molecular formula is C14H25N3O2. The van der Waals surface area contributed by atoms with Gasteiger partial charge in [-0.15, -0.1) is 0 Å². The van der Waals surface area contributed by atoms with Gasteiger partial charge in [-0.05, 0) is 32.2 Å². The van der Waals surface area contributed by atoms with Crippen LogP contribution in [0, 0.1) is 5.92 Å². The van der Waals surface area contributed by atoms with Crippen molar-refractivity contribution in [2.75, 3.05) is 19.6 Å². The van der Waals surface area contributed by atoms with E-state index >= 15 is 0 Å². The van der Waals surface area contributed by atoms with E-state index in [0.29, 0.717) is 18.8 Å². The molecule has 2 amide bonds. The summed E-state index contributed by atoms with van der Waals surface area (Å²) in [5.74, 6) is 0.857. The van der Waals surface area contributed by atoms with Crippen LogP contribution in [-0.4, -0.2) is 48.4 Å². The summed E-state index contributed by atoms with van der Waals surface area (Å²) < 4.78 is 0. The Morgan fingerprint density at radius 2 is 2.32 bits per heavy atom. The van der Waals surface area contributed by atoms with Crippen LogP contribution in [0.4, 0.5) is 0 Å². The molecule has 3 unspecified atom stereocenters. The molecule has 108 valence electrons. The summed E-state index contributed by atoms with van der Waals surface area (Å²) in [6, 6.07) is 0.526. The van der Waals surface area contributed by atoms with Gasteiger partial charge in [0, 0.05) is 38.0 Å². The van der Waals surface area contributed by atoms with Crippen molar-refractivity contribution in [2.24, 2.45) is 5.92 Å². The molecule has 2 heterocycles. The normalized spacial score (nSPS) is 28.5. The van der Waals surface area contributed by atoms with E-state index in [1.165, 1.54) is 0 Å². The Morgan fingerprint density at radius 3 is 3.05 bits per heavy atom. The first-order valence-corrected chi connectivity index (χ1v) is 7.40. The SMILES string of the molecule is CCNC(C)CC(=O)N1CCC2NC(=O)CCC2C1. The lowest BCUT2D eigenvalue weighted by Crippen LogP contribution is -2.55. The van der Waals surface area contributed by atoms with E-state index in [4.69, 9.17) is 0 Å². The fourth-order valence-electron chi connectivity index (χ4n) is 3.15.